The van der Waals surface area contributed by atoms with Gasteiger partial charge in [-0.3, -0.25) is 4.79 Å². The van der Waals surface area contributed by atoms with Crippen molar-refractivity contribution in [1.82, 2.24) is 10.3 Å². The molecule has 1 amide bonds. The second kappa shape index (κ2) is 7.51. The first kappa shape index (κ1) is 17.8. The van der Waals surface area contributed by atoms with Gasteiger partial charge in [0.05, 0.1) is 6.04 Å². The van der Waals surface area contributed by atoms with Gasteiger partial charge in [0.15, 0.2) is 6.10 Å². The van der Waals surface area contributed by atoms with E-state index in [2.05, 4.69) is 16.4 Å². The number of carbonyl (C=O) groups is 1. The third-order valence-electron chi connectivity index (χ3n) is 4.51. The number of amides is 1. The van der Waals surface area contributed by atoms with Crippen LogP contribution < -0.4 is 10.1 Å². The van der Waals surface area contributed by atoms with E-state index < -0.39 is 11.0 Å². The lowest BCUT2D eigenvalue weighted by Gasteiger charge is -2.27. The van der Waals surface area contributed by atoms with Crippen LogP contribution in [0.2, 0.25) is 0 Å². The van der Waals surface area contributed by atoms with Gasteiger partial charge in [0.25, 0.3) is 5.91 Å². The van der Waals surface area contributed by atoms with Gasteiger partial charge in [-0.2, -0.15) is 0 Å². The molecule has 3 rings (SSSR count). The molecule has 1 N–H and O–H groups in total. The average Bonchev–Trinajstić information content (AvgIpc) is 2.63. The van der Waals surface area contributed by atoms with E-state index in [0.29, 0.717) is 5.69 Å². The van der Waals surface area contributed by atoms with E-state index in [-0.39, 0.29) is 23.5 Å². The molecule has 0 bridgehead atoms. The van der Waals surface area contributed by atoms with Crippen LogP contribution in [0.25, 0.3) is 0 Å². The van der Waals surface area contributed by atoms with Crippen LogP contribution in [0.4, 0.5) is 5.82 Å². The summed E-state index contributed by atoms with van der Waals surface area (Å²) in [6, 6.07) is 11.1. The lowest BCUT2D eigenvalue weighted by atomic mass is 9.87. The molecule has 0 unspecified atom stereocenters. The van der Waals surface area contributed by atoms with Crippen LogP contribution in [0.3, 0.4) is 0 Å². The average molecular weight is 355 g/mol. The summed E-state index contributed by atoms with van der Waals surface area (Å²) in [5, 5.41) is 14.1. The second-order valence-corrected chi connectivity index (χ2v) is 6.44. The highest BCUT2D eigenvalue weighted by atomic mass is 16.6. The largest absolute Gasteiger partial charge is 0.473 e. The number of aryl methyl sites for hydroxylation is 2. The zero-order chi connectivity index (χ0) is 18.7. The van der Waals surface area contributed by atoms with Crippen LogP contribution in [0.15, 0.2) is 36.4 Å². The van der Waals surface area contributed by atoms with Crippen LogP contribution >= 0.6 is 0 Å². The molecule has 0 spiro atoms. The summed E-state index contributed by atoms with van der Waals surface area (Å²) in [4.78, 5) is 27.0. The quantitative estimate of drug-likeness (QED) is 0.656. The fourth-order valence-electron chi connectivity index (χ4n) is 3.19. The Morgan fingerprint density at radius 1 is 1.35 bits per heavy atom. The zero-order valence-corrected chi connectivity index (χ0v) is 14.8. The molecule has 1 aromatic heterocycles. The number of rotatable bonds is 5. The highest BCUT2D eigenvalue weighted by Crippen LogP contribution is 2.30. The van der Waals surface area contributed by atoms with Crippen molar-refractivity contribution in [2.24, 2.45) is 0 Å². The predicted octanol–water partition coefficient (Wildman–Crippen LogP) is 3.26. The molecule has 1 aliphatic carbocycles. The Hall–Kier alpha value is -2.96. The van der Waals surface area contributed by atoms with Gasteiger partial charge in [-0.05, 0) is 59.4 Å². The molecule has 136 valence electrons. The molecule has 7 heteroatoms. The number of hydrogen-bond donors (Lipinski definition) is 1. The van der Waals surface area contributed by atoms with E-state index >= 15 is 0 Å². The summed E-state index contributed by atoms with van der Waals surface area (Å²) in [6.45, 7) is 3.24. The van der Waals surface area contributed by atoms with E-state index in [0.717, 1.165) is 24.8 Å². The van der Waals surface area contributed by atoms with Crippen molar-refractivity contribution in [2.75, 3.05) is 0 Å². The minimum absolute atomic E-state index is 0.00713. The fourth-order valence-corrected chi connectivity index (χ4v) is 3.19. The first-order valence-electron chi connectivity index (χ1n) is 8.62. The number of aromatic nitrogens is 1. The zero-order valence-electron chi connectivity index (χ0n) is 14.8. The minimum atomic E-state index is -0.868. The van der Waals surface area contributed by atoms with Crippen molar-refractivity contribution in [3.63, 3.8) is 0 Å². The first-order valence-corrected chi connectivity index (χ1v) is 8.62. The van der Waals surface area contributed by atoms with Gasteiger partial charge >= 0.3 is 5.82 Å². The highest BCUT2D eigenvalue weighted by molar-refractivity contribution is 5.81. The van der Waals surface area contributed by atoms with Crippen LogP contribution in [0, 0.1) is 17.0 Å². The summed E-state index contributed by atoms with van der Waals surface area (Å²) in [5.41, 5.74) is 2.89. The Kier molecular flexibility index (Phi) is 5.16. The lowest BCUT2D eigenvalue weighted by Crippen LogP contribution is -2.39. The van der Waals surface area contributed by atoms with E-state index in [1.165, 1.54) is 11.6 Å². The molecule has 0 radical (unpaired) electrons. The first-order chi connectivity index (χ1) is 12.5. The van der Waals surface area contributed by atoms with E-state index in [4.69, 9.17) is 4.74 Å². The smallest absolute Gasteiger partial charge is 0.406 e. The normalized spacial score (nSPS) is 17.1. The number of hydrogen-bond acceptors (Lipinski definition) is 5. The van der Waals surface area contributed by atoms with Crippen LogP contribution in [0.1, 0.15) is 42.6 Å². The summed E-state index contributed by atoms with van der Waals surface area (Å²) in [6.07, 6.45) is 2.01. The van der Waals surface area contributed by atoms with Crippen LogP contribution in [0.5, 0.6) is 5.75 Å². The molecule has 2 atom stereocenters. The summed E-state index contributed by atoms with van der Waals surface area (Å²) in [7, 11) is 0. The van der Waals surface area contributed by atoms with E-state index in [1.54, 1.807) is 19.9 Å². The van der Waals surface area contributed by atoms with E-state index in [9.17, 15) is 14.9 Å². The number of carbonyl (C=O) groups excluding carboxylic acids is 1. The van der Waals surface area contributed by atoms with Gasteiger partial charge in [0.2, 0.25) is 5.75 Å². The maximum Gasteiger partial charge on any atom is 0.406 e. The molecule has 0 saturated heterocycles. The van der Waals surface area contributed by atoms with Crippen molar-refractivity contribution in [3.8, 4) is 5.75 Å². The second-order valence-electron chi connectivity index (χ2n) is 6.44. The molecule has 0 aliphatic heterocycles. The Labute approximate surface area is 151 Å². The minimum Gasteiger partial charge on any atom is -0.473 e. The number of nitro groups is 1. The van der Waals surface area contributed by atoms with Crippen molar-refractivity contribution >= 4 is 11.7 Å². The predicted molar refractivity (Wildman–Crippen MR) is 96.0 cm³/mol. The molecular weight excluding hydrogens is 334 g/mol. The summed E-state index contributed by atoms with van der Waals surface area (Å²) >= 11 is 0. The molecular formula is C19H21N3O4. The molecule has 26 heavy (non-hydrogen) atoms. The third-order valence-corrected chi connectivity index (χ3v) is 4.51. The molecule has 2 aromatic rings. The molecule has 7 nitrogen and oxygen atoms in total. The molecule has 0 saturated carbocycles. The van der Waals surface area contributed by atoms with Gasteiger partial charge in [0.1, 0.15) is 5.69 Å². The molecule has 1 aromatic carbocycles. The van der Waals surface area contributed by atoms with Gasteiger partial charge in [0, 0.05) is 6.92 Å². The Bertz CT molecular complexity index is 837. The molecule has 1 heterocycles. The highest BCUT2D eigenvalue weighted by Gasteiger charge is 2.26. The number of benzene rings is 1. The van der Waals surface area contributed by atoms with Gasteiger partial charge < -0.3 is 20.2 Å². The lowest BCUT2D eigenvalue weighted by molar-refractivity contribution is -0.390. The van der Waals surface area contributed by atoms with Crippen molar-refractivity contribution in [3.05, 3.63) is 63.3 Å². The van der Waals surface area contributed by atoms with Crippen LogP contribution in [-0.2, 0) is 11.2 Å². The summed E-state index contributed by atoms with van der Waals surface area (Å²) in [5.74, 6) is -0.693. The monoisotopic (exact) mass is 355 g/mol. The van der Waals surface area contributed by atoms with Crippen molar-refractivity contribution in [1.29, 1.82) is 0 Å². The fraction of sp³-hybridized carbons (Fsp3) is 0.368. The topological polar surface area (TPSA) is 94.4 Å². The van der Waals surface area contributed by atoms with Gasteiger partial charge in [-0.1, -0.05) is 24.3 Å². The number of pyridine rings is 1. The van der Waals surface area contributed by atoms with Gasteiger partial charge in [-0.15, -0.1) is 0 Å². The molecule has 1 aliphatic rings. The number of fused-ring (bicyclic) bond motifs is 1. The maximum atomic E-state index is 12.5. The van der Waals surface area contributed by atoms with Crippen molar-refractivity contribution < 1.29 is 14.5 Å². The third kappa shape index (κ3) is 3.82. The van der Waals surface area contributed by atoms with E-state index in [1.807, 2.05) is 18.2 Å². The SMILES string of the molecule is Cc1ccc(O[C@H](C)C(=O)N[C@@H]2CCCc3ccccc32)c([N+](=O)[O-])n1. The maximum absolute atomic E-state index is 12.5. The Morgan fingerprint density at radius 3 is 2.88 bits per heavy atom. The number of nitrogens with one attached hydrogen (secondary N) is 1. The van der Waals surface area contributed by atoms with Crippen molar-refractivity contribution in [2.45, 2.75) is 45.3 Å². The number of nitrogens with zero attached hydrogens (tertiary/aromatic N) is 2. The Balaban J connectivity index is 1.71. The Morgan fingerprint density at radius 2 is 2.12 bits per heavy atom. The molecule has 0 fully saturated rings. The number of ether oxygens (including phenoxy) is 1. The van der Waals surface area contributed by atoms with Crippen LogP contribution in [-0.4, -0.2) is 21.9 Å². The standard InChI is InChI=1S/C19H21N3O4/c1-12-10-11-17(18(20-12)22(24)25)26-13(2)19(23)21-16-9-5-7-14-6-3-4-8-15(14)16/h3-4,6,8,10-11,13,16H,5,7,9H2,1-2H3,(H,21,23)/t13-,16-/m1/s1. The van der Waals surface area contributed by atoms with Gasteiger partial charge in [-0.25, -0.2) is 0 Å². The summed E-state index contributed by atoms with van der Waals surface area (Å²) < 4.78 is 5.54.